The van der Waals surface area contributed by atoms with Crippen molar-refractivity contribution in [2.45, 2.75) is 40.2 Å². The number of hydrogen-bond donors (Lipinski definition) is 2. The lowest BCUT2D eigenvalue weighted by Crippen LogP contribution is -2.11. The zero-order valence-corrected chi connectivity index (χ0v) is 13.2. The minimum atomic E-state index is 0.140. The molecule has 0 radical (unpaired) electrons. The number of anilines is 2. The summed E-state index contributed by atoms with van der Waals surface area (Å²) in [7, 11) is 0. The van der Waals surface area contributed by atoms with Crippen LogP contribution >= 0.6 is 11.3 Å². The Morgan fingerprint density at radius 3 is 2.60 bits per heavy atom. The fraction of sp³-hybridized carbons (Fsp3) is 0.500. The van der Waals surface area contributed by atoms with Gasteiger partial charge in [0.1, 0.15) is 23.0 Å². The molecule has 2 aromatic rings. The third-order valence-electron chi connectivity index (χ3n) is 2.99. The Morgan fingerprint density at radius 2 is 1.95 bits per heavy atom. The van der Waals surface area contributed by atoms with Crippen molar-refractivity contribution in [3.8, 4) is 0 Å². The predicted molar refractivity (Wildman–Crippen MR) is 84.4 cm³/mol. The Balaban J connectivity index is 2.12. The quantitative estimate of drug-likeness (QED) is 0.852. The first kappa shape index (κ1) is 14.7. The number of thiazole rings is 1. The molecular weight excluding hydrogens is 270 g/mol. The molecule has 0 saturated carbocycles. The number of aryl methyl sites for hydroxylation is 1. The molecule has 2 heterocycles. The van der Waals surface area contributed by atoms with E-state index < -0.39 is 0 Å². The van der Waals surface area contributed by atoms with E-state index in [1.165, 1.54) is 4.88 Å². The Kier molecular flexibility index (Phi) is 4.89. The van der Waals surface area contributed by atoms with E-state index >= 15 is 0 Å². The molecule has 1 unspecified atom stereocenters. The fourth-order valence-electron chi connectivity index (χ4n) is 1.86. The van der Waals surface area contributed by atoms with E-state index in [1.807, 2.05) is 13.1 Å². The van der Waals surface area contributed by atoms with Gasteiger partial charge in [-0.3, -0.25) is 0 Å². The van der Waals surface area contributed by atoms with E-state index in [9.17, 15) is 0 Å². The van der Waals surface area contributed by atoms with Crippen LogP contribution in [0.4, 0.5) is 11.6 Å². The first-order chi connectivity index (χ1) is 9.61. The molecule has 0 aliphatic rings. The van der Waals surface area contributed by atoms with Gasteiger partial charge in [-0.15, -0.1) is 11.3 Å². The van der Waals surface area contributed by atoms with Crippen LogP contribution in [0, 0.1) is 13.8 Å². The summed E-state index contributed by atoms with van der Waals surface area (Å²) in [4.78, 5) is 14.3. The van der Waals surface area contributed by atoms with Crippen molar-refractivity contribution in [1.82, 2.24) is 15.0 Å². The third-order valence-corrected chi connectivity index (χ3v) is 4.08. The molecule has 0 bridgehead atoms. The molecule has 0 fully saturated rings. The lowest BCUT2D eigenvalue weighted by molar-refractivity contribution is 0.854. The van der Waals surface area contributed by atoms with Gasteiger partial charge >= 0.3 is 0 Å². The summed E-state index contributed by atoms with van der Waals surface area (Å²) in [5, 5.41) is 7.80. The average molecular weight is 291 g/mol. The van der Waals surface area contributed by atoms with Crippen LogP contribution in [0.5, 0.6) is 0 Å². The van der Waals surface area contributed by atoms with Crippen LogP contribution in [0.15, 0.2) is 12.5 Å². The Labute approximate surface area is 123 Å². The number of rotatable bonds is 6. The van der Waals surface area contributed by atoms with E-state index in [1.54, 1.807) is 17.7 Å². The molecule has 2 rings (SSSR count). The van der Waals surface area contributed by atoms with Gasteiger partial charge in [0.05, 0.1) is 6.04 Å². The minimum Gasteiger partial charge on any atom is -0.370 e. The molecule has 20 heavy (non-hydrogen) atoms. The van der Waals surface area contributed by atoms with Crippen molar-refractivity contribution >= 4 is 23.0 Å². The highest BCUT2D eigenvalue weighted by molar-refractivity contribution is 7.11. The molecule has 0 amide bonds. The average Bonchev–Trinajstić information content (AvgIpc) is 2.86. The molecule has 0 saturated heterocycles. The largest absolute Gasteiger partial charge is 0.370 e. The van der Waals surface area contributed by atoms with Crippen molar-refractivity contribution in [1.29, 1.82) is 0 Å². The van der Waals surface area contributed by atoms with Crippen molar-refractivity contribution in [3.63, 3.8) is 0 Å². The minimum absolute atomic E-state index is 0.140. The summed E-state index contributed by atoms with van der Waals surface area (Å²) >= 11 is 1.71. The topological polar surface area (TPSA) is 62.7 Å². The van der Waals surface area contributed by atoms with Gasteiger partial charge in [-0.2, -0.15) is 0 Å². The second-order valence-electron chi connectivity index (χ2n) is 4.80. The summed E-state index contributed by atoms with van der Waals surface area (Å²) < 4.78 is 0. The summed E-state index contributed by atoms with van der Waals surface area (Å²) in [5.41, 5.74) is 1.04. The molecular formula is C14H21N5S. The van der Waals surface area contributed by atoms with Crippen LogP contribution in [0.3, 0.4) is 0 Å². The second kappa shape index (κ2) is 6.65. The summed E-state index contributed by atoms with van der Waals surface area (Å²) in [5.74, 6) is 1.76. The number of nitrogens with one attached hydrogen (secondary N) is 2. The summed E-state index contributed by atoms with van der Waals surface area (Å²) in [6.07, 6.45) is 4.56. The predicted octanol–water partition coefficient (Wildman–Crippen LogP) is 3.54. The van der Waals surface area contributed by atoms with E-state index in [4.69, 9.17) is 0 Å². The SMILES string of the molecule is CCCNc1ncnc(NC(C)c2ncc(C)s2)c1C. The highest BCUT2D eigenvalue weighted by atomic mass is 32.1. The van der Waals surface area contributed by atoms with E-state index in [2.05, 4.69) is 46.4 Å². The first-order valence-corrected chi connectivity index (χ1v) is 7.67. The molecule has 108 valence electrons. The molecule has 1 atom stereocenters. The monoisotopic (exact) mass is 291 g/mol. The molecule has 2 aromatic heterocycles. The number of hydrogen-bond acceptors (Lipinski definition) is 6. The van der Waals surface area contributed by atoms with Gasteiger partial charge in [-0.1, -0.05) is 6.92 Å². The molecule has 0 aliphatic heterocycles. The van der Waals surface area contributed by atoms with Crippen LogP contribution in [-0.4, -0.2) is 21.5 Å². The summed E-state index contributed by atoms with van der Waals surface area (Å²) in [6, 6.07) is 0.140. The maximum Gasteiger partial charge on any atom is 0.134 e. The van der Waals surface area contributed by atoms with Crippen molar-refractivity contribution in [3.05, 3.63) is 28.0 Å². The second-order valence-corrected chi connectivity index (χ2v) is 6.06. The van der Waals surface area contributed by atoms with Crippen LogP contribution in [-0.2, 0) is 0 Å². The summed E-state index contributed by atoms with van der Waals surface area (Å²) in [6.45, 7) is 9.24. The van der Waals surface area contributed by atoms with Crippen molar-refractivity contribution in [2.75, 3.05) is 17.2 Å². The standard InChI is InChI=1S/C14H21N5S/c1-5-6-15-12-10(3)13(18-8-17-12)19-11(4)14-16-7-9(2)20-14/h7-8,11H,5-6H2,1-4H3,(H2,15,17,18,19). The zero-order valence-electron chi connectivity index (χ0n) is 12.4. The van der Waals surface area contributed by atoms with Gasteiger partial charge in [-0.05, 0) is 27.2 Å². The normalized spacial score (nSPS) is 12.2. The Bertz CT molecular complexity index is 566. The van der Waals surface area contributed by atoms with Gasteiger partial charge in [0.15, 0.2) is 0 Å². The first-order valence-electron chi connectivity index (χ1n) is 6.86. The molecule has 2 N–H and O–H groups in total. The molecule has 0 aliphatic carbocycles. The van der Waals surface area contributed by atoms with Crippen LogP contribution < -0.4 is 10.6 Å². The van der Waals surface area contributed by atoms with Crippen LogP contribution in [0.2, 0.25) is 0 Å². The van der Waals surface area contributed by atoms with Gasteiger partial charge in [0.2, 0.25) is 0 Å². The smallest absolute Gasteiger partial charge is 0.134 e. The van der Waals surface area contributed by atoms with Gasteiger partial charge in [0.25, 0.3) is 0 Å². The molecule has 0 spiro atoms. The van der Waals surface area contributed by atoms with Gasteiger partial charge < -0.3 is 10.6 Å². The fourth-order valence-corrected chi connectivity index (χ4v) is 2.63. The van der Waals surface area contributed by atoms with Crippen molar-refractivity contribution < 1.29 is 0 Å². The lowest BCUT2D eigenvalue weighted by Gasteiger charge is -2.16. The highest BCUT2D eigenvalue weighted by Gasteiger charge is 2.13. The molecule has 6 heteroatoms. The third kappa shape index (κ3) is 3.45. The number of aromatic nitrogens is 3. The Morgan fingerprint density at radius 1 is 1.20 bits per heavy atom. The molecule has 5 nitrogen and oxygen atoms in total. The van der Waals surface area contributed by atoms with Crippen LogP contribution in [0.25, 0.3) is 0 Å². The van der Waals surface area contributed by atoms with Gasteiger partial charge in [0, 0.05) is 23.2 Å². The zero-order chi connectivity index (χ0) is 14.5. The number of nitrogens with zero attached hydrogens (tertiary/aromatic N) is 3. The lowest BCUT2D eigenvalue weighted by atomic mass is 10.2. The Hall–Kier alpha value is -1.69. The van der Waals surface area contributed by atoms with Crippen LogP contribution in [0.1, 0.15) is 41.8 Å². The van der Waals surface area contributed by atoms with Crippen molar-refractivity contribution in [2.24, 2.45) is 0 Å². The molecule has 0 aromatic carbocycles. The maximum atomic E-state index is 4.41. The van der Waals surface area contributed by atoms with Gasteiger partial charge in [-0.25, -0.2) is 15.0 Å². The van der Waals surface area contributed by atoms with E-state index in [0.717, 1.165) is 35.2 Å². The highest BCUT2D eigenvalue weighted by Crippen LogP contribution is 2.25. The van der Waals surface area contributed by atoms with E-state index in [-0.39, 0.29) is 6.04 Å². The maximum absolute atomic E-state index is 4.41. The van der Waals surface area contributed by atoms with E-state index in [0.29, 0.717) is 0 Å².